The van der Waals surface area contributed by atoms with E-state index in [9.17, 15) is 0 Å². The van der Waals surface area contributed by atoms with Gasteiger partial charge in [-0.15, -0.1) is 12.3 Å². The number of piperazine rings is 1. The summed E-state index contributed by atoms with van der Waals surface area (Å²) >= 11 is 0. The molecule has 0 aliphatic carbocycles. The van der Waals surface area contributed by atoms with E-state index in [0.717, 1.165) is 32.5 Å². The van der Waals surface area contributed by atoms with Gasteiger partial charge >= 0.3 is 0 Å². The monoisotopic (exact) mass is 195 g/mol. The molecule has 1 rings (SSSR count). The van der Waals surface area contributed by atoms with Crippen LogP contribution in [0.5, 0.6) is 0 Å². The van der Waals surface area contributed by atoms with Crippen molar-refractivity contribution >= 4 is 0 Å². The molecule has 3 heteroatoms. The highest BCUT2D eigenvalue weighted by molar-refractivity contribution is 4.91. The molecule has 0 aromatic carbocycles. The second-order valence-corrected chi connectivity index (χ2v) is 4.22. The molecular weight excluding hydrogens is 174 g/mol. The quantitative estimate of drug-likeness (QED) is 0.642. The Labute approximate surface area is 87.2 Å². The Bertz CT molecular complexity index is 209. The van der Waals surface area contributed by atoms with Gasteiger partial charge in [-0.25, -0.2) is 0 Å². The third kappa shape index (κ3) is 2.98. The molecule has 1 aliphatic rings. The van der Waals surface area contributed by atoms with Crippen molar-refractivity contribution in [2.24, 2.45) is 5.73 Å². The standard InChI is InChI=1S/C11H21N3/c1-4-5-6-10(12)11-9-13(2)7-8-14(11)3/h1,10-11H,5-9,12H2,2-3H3. The predicted octanol–water partition coefficient (Wildman–Crippen LogP) is -0.0271. The Morgan fingerprint density at radius 3 is 2.86 bits per heavy atom. The van der Waals surface area contributed by atoms with E-state index < -0.39 is 0 Å². The number of nitrogens with two attached hydrogens (primary N) is 1. The van der Waals surface area contributed by atoms with E-state index in [4.69, 9.17) is 12.2 Å². The van der Waals surface area contributed by atoms with Crippen LogP contribution >= 0.6 is 0 Å². The predicted molar refractivity (Wildman–Crippen MR) is 60.0 cm³/mol. The first-order valence-corrected chi connectivity index (χ1v) is 5.23. The molecule has 0 radical (unpaired) electrons. The smallest absolute Gasteiger partial charge is 0.0372 e. The van der Waals surface area contributed by atoms with Gasteiger partial charge in [-0.05, 0) is 20.5 Å². The van der Waals surface area contributed by atoms with E-state index in [-0.39, 0.29) is 6.04 Å². The number of hydrogen-bond acceptors (Lipinski definition) is 3. The lowest BCUT2D eigenvalue weighted by molar-refractivity contribution is 0.0957. The van der Waals surface area contributed by atoms with Crippen LogP contribution in [0.25, 0.3) is 0 Å². The van der Waals surface area contributed by atoms with Crippen molar-refractivity contribution in [1.29, 1.82) is 0 Å². The topological polar surface area (TPSA) is 32.5 Å². The van der Waals surface area contributed by atoms with Gasteiger partial charge in [0, 0.05) is 38.1 Å². The summed E-state index contributed by atoms with van der Waals surface area (Å²) < 4.78 is 0. The molecule has 3 nitrogen and oxygen atoms in total. The fraction of sp³-hybridized carbons (Fsp3) is 0.818. The average Bonchev–Trinajstić information content (AvgIpc) is 2.18. The number of rotatable bonds is 3. The minimum atomic E-state index is 0.207. The van der Waals surface area contributed by atoms with Crippen molar-refractivity contribution in [3.63, 3.8) is 0 Å². The Morgan fingerprint density at radius 1 is 1.50 bits per heavy atom. The van der Waals surface area contributed by atoms with Crippen molar-refractivity contribution in [1.82, 2.24) is 9.80 Å². The maximum Gasteiger partial charge on any atom is 0.0372 e. The van der Waals surface area contributed by atoms with Gasteiger partial charge in [0.05, 0.1) is 0 Å². The number of likely N-dealkylation sites (N-methyl/N-ethyl adjacent to an activating group) is 2. The highest BCUT2D eigenvalue weighted by Gasteiger charge is 2.26. The van der Waals surface area contributed by atoms with Crippen LogP contribution in [0.1, 0.15) is 12.8 Å². The van der Waals surface area contributed by atoms with Crippen LogP contribution in [0.15, 0.2) is 0 Å². The molecule has 0 spiro atoms. The molecule has 0 aromatic heterocycles. The van der Waals surface area contributed by atoms with Crippen LogP contribution in [-0.2, 0) is 0 Å². The van der Waals surface area contributed by atoms with Crippen molar-refractivity contribution in [2.75, 3.05) is 33.7 Å². The van der Waals surface area contributed by atoms with Gasteiger partial charge in [0.1, 0.15) is 0 Å². The van der Waals surface area contributed by atoms with Crippen molar-refractivity contribution < 1.29 is 0 Å². The summed E-state index contributed by atoms with van der Waals surface area (Å²) in [4.78, 5) is 4.68. The fourth-order valence-corrected chi connectivity index (χ4v) is 1.95. The van der Waals surface area contributed by atoms with E-state index in [1.54, 1.807) is 0 Å². The van der Waals surface area contributed by atoms with Gasteiger partial charge in [0.25, 0.3) is 0 Å². The lowest BCUT2D eigenvalue weighted by atomic mass is 10.0. The summed E-state index contributed by atoms with van der Waals surface area (Å²) in [6.07, 6.45) is 6.96. The van der Waals surface area contributed by atoms with E-state index in [1.165, 1.54) is 0 Å². The highest BCUT2D eigenvalue weighted by atomic mass is 15.3. The molecular formula is C11H21N3. The van der Waals surface area contributed by atoms with Crippen LogP contribution in [0.2, 0.25) is 0 Å². The zero-order valence-electron chi connectivity index (χ0n) is 9.24. The van der Waals surface area contributed by atoms with Crippen LogP contribution in [0, 0.1) is 12.3 Å². The summed E-state index contributed by atoms with van der Waals surface area (Å²) in [5.41, 5.74) is 6.12. The van der Waals surface area contributed by atoms with Crippen molar-refractivity contribution in [2.45, 2.75) is 24.9 Å². The van der Waals surface area contributed by atoms with Crippen molar-refractivity contribution in [3.05, 3.63) is 0 Å². The summed E-state index contributed by atoms with van der Waals surface area (Å²) in [7, 11) is 4.29. The van der Waals surface area contributed by atoms with Gasteiger partial charge in [-0.2, -0.15) is 0 Å². The molecule has 1 aliphatic heterocycles. The minimum absolute atomic E-state index is 0.207. The summed E-state index contributed by atoms with van der Waals surface area (Å²) in [5, 5.41) is 0. The second kappa shape index (κ2) is 5.35. The van der Waals surface area contributed by atoms with Gasteiger partial charge in [0.15, 0.2) is 0 Å². The largest absolute Gasteiger partial charge is 0.326 e. The molecule has 1 saturated heterocycles. The van der Waals surface area contributed by atoms with E-state index in [2.05, 4.69) is 29.8 Å². The molecule has 80 valence electrons. The van der Waals surface area contributed by atoms with Crippen LogP contribution in [-0.4, -0.2) is 55.6 Å². The number of terminal acetylenes is 1. The third-order valence-electron chi connectivity index (χ3n) is 3.02. The molecule has 0 amide bonds. The first kappa shape index (κ1) is 11.5. The fourth-order valence-electron chi connectivity index (χ4n) is 1.95. The molecule has 2 unspecified atom stereocenters. The normalized spacial score (nSPS) is 27.1. The van der Waals surface area contributed by atoms with E-state index in [0.29, 0.717) is 6.04 Å². The van der Waals surface area contributed by atoms with Gasteiger partial charge < -0.3 is 10.6 Å². The number of nitrogens with zero attached hydrogens (tertiary/aromatic N) is 2. The van der Waals surface area contributed by atoms with Crippen LogP contribution in [0.4, 0.5) is 0 Å². The minimum Gasteiger partial charge on any atom is -0.326 e. The second-order valence-electron chi connectivity index (χ2n) is 4.22. The summed E-state index contributed by atoms with van der Waals surface area (Å²) in [6.45, 7) is 3.29. The average molecular weight is 195 g/mol. The Morgan fingerprint density at radius 2 is 2.21 bits per heavy atom. The Balaban J connectivity index is 2.43. The van der Waals surface area contributed by atoms with Crippen LogP contribution in [0.3, 0.4) is 0 Å². The zero-order chi connectivity index (χ0) is 10.6. The first-order valence-electron chi connectivity index (χ1n) is 5.23. The summed E-state index contributed by atoms with van der Waals surface area (Å²) in [5.74, 6) is 2.65. The molecule has 2 atom stereocenters. The lowest BCUT2D eigenvalue weighted by Gasteiger charge is -2.40. The van der Waals surface area contributed by atoms with Gasteiger partial charge in [-0.1, -0.05) is 0 Å². The molecule has 0 saturated carbocycles. The van der Waals surface area contributed by atoms with Crippen LogP contribution < -0.4 is 5.73 Å². The maximum absolute atomic E-state index is 6.12. The molecule has 1 fully saturated rings. The molecule has 0 aromatic rings. The highest BCUT2D eigenvalue weighted by Crippen LogP contribution is 2.11. The lowest BCUT2D eigenvalue weighted by Crippen LogP contribution is -2.57. The van der Waals surface area contributed by atoms with Crippen molar-refractivity contribution in [3.8, 4) is 12.3 Å². The molecule has 0 bridgehead atoms. The molecule has 14 heavy (non-hydrogen) atoms. The molecule has 2 N–H and O–H groups in total. The third-order valence-corrected chi connectivity index (χ3v) is 3.02. The van der Waals surface area contributed by atoms with E-state index >= 15 is 0 Å². The number of hydrogen-bond donors (Lipinski definition) is 1. The SMILES string of the molecule is C#CCCC(N)C1CN(C)CCN1C. The van der Waals surface area contributed by atoms with E-state index in [1.807, 2.05) is 0 Å². The first-order chi connectivity index (χ1) is 6.65. The Kier molecular flexibility index (Phi) is 4.40. The van der Waals surface area contributed by atoms with Gasteiger partial charge in [0.2, 0.25) is 0 Å². The maximum atomic E-state index is 6.12. The van der Waals surface area contributed by atoms with Gasteiger partial charge in [-0.3, -0.25) is 4.90 Å². The summed E-state index contributed by atoms with van der Waals surface area (Å²) in [6, 6.07) is 0.667. The Hall–Kier alpha value is -0.560. The zero-order valence-corrected chi connectivity index (χ0v) is 9.24. The molecule has 1 heterocycles.